The van der Waals surface area contributed by atoms with E-state index < -0.39 is 7.92 Å². The van der Waals surface area contributed by atoms with Crippen LogP contribution in [0, 0.1) is 0 Å². The number of nitrogens with zero attached hydrogens (tertiary/aromatic N) is 1. The molecule has 1 heterocycles. The number of fused-ring (bicyclic) bond motifs is 2. The molecule has 0 spiro atoms. The van der Waals surface area contributed by atoms with Crippen LogP contribution < -0.4 is 15.9 Å². The van der Waals surface area contributed by atoms with E-state index in [4.69, 9.17) is 4.99 Å². The summed E-state index contributed by atoms with van der Waals surface area (Å²) in [6.45, 7) is 0. The predicted molar refractivity (Wildman–Crippen MR) is 168 cm³/mol. The third-order valence-corrected chi connectivity index (χ3v) is 10.1. The van der Waals surface area contributed by atoms with Crippen LogP contribution in [-0.2, 0) is 6.42 Å². The Labute approximate surface area is 231 Å². The van der Waals surface area contributed by atoms with Gasteiger partial charge in [0, 0.05) is 11.1 Å². The van der Waals surface area contributed by atoms with Crippen molar-refractivity contribution in [3.63, 3.8) is 0 Å². The molecule has 6 aromatic carbocycles. The maximum atomic E-state index is 5.57. The molecule has 6 aromatic rings. The van der Waals surface area contributed by atoms with E-state index in [0.717, 1.165) is 12.1 Å². The monoisotopic (exact) mass is 517 g/mol. The normalized spacial score (nSPS) is 14.7. The van der Waals surface area contributed by atoms with Crippen molar-refractivity contribution in [2.45, 2.75) is 12.5 Å². The Hall–Kier alpha value is -4.32. The standard InChI is InChI=1S/C37H28NP/c1-4-15-28(16-5-1)34-26-29-17-11-13-23-33(29)37(38-34)36-32-22-12-10-14-27(32)24-25-35(36)39(30-18-6-2-7-19-30)31-20-8-3-9-21-31/h1-25,34H,26H2. The first kappa shape index (κ1) is 23.8. The summed E-state index contributed by atoms with van der Waals surface area (Å²) >= 11 is 0. The van der Waals surface area contributed by atoms with Gasteiger partial charge < -0.3 is 0 Å². The second-order valence-electron chi connectivity index (χ2n) is 9.95. The van der Waals surface area contributed by atoms with Gasteiger partial charge in [-0.3, -0.25) is 4.99 Å². The molecule has 0 saturated heterocycles. The molecule has 1 atom stereocenters. The van der Waals surface area contributed by atoms with Gasteiger partial charge in [-0.05, 0) is 52.2 Å². The molecule has 0 saturated carbocycles. The molecule has 1 unspecified atom stereocenters. The summed E-state index contributed by atoms with van der Waals surface area (Å²) in [4.78, 5) is 5.57. The zero-order valence-corrected chi connectivity index (χ0v) is 22.5. The highest BCUT2D eigenvalue weighted by molar-refractivity contribution is 7.80. The number of rotatable bonds is 5. The average molecular weight is 518 g/mol. The van der Waals surface area contributed by atoms with Crippen LogP contribution in [0.25, 0.3) is 10.8 Å². The molecule has 0 fully saturated rings. The van der Waals surface area contributed by atoms with E-state index in [-0.39, 0.29) is 6.04 Å². The molecule has 2 heteroatoms. The van der Waals surface area contributed by atoms with Gasteiger partial charge in [-0.25, -0.2) is 0 Å². The average Bonchev–Trinajstić information content (AvgIpc) is 3.02. The lowest BCUT2D eigenvalue weighted by Crippen LogP contribution is -2.28. The Morgan fingerprint density at radius 1 is 0.538 bits per heavy atom. The van der Waals surface area contributed by atoms with E-state index in [2.05, 4.69) is 152 Å². The first-order valence-corrected chi connectivity index (χ1v) is 14.8. The molecule has 0 aromatic heterocycles. The maximum absolute atomic E-state index is 5.57. The Morgan fingerprint density at radius 2 is 1.13 bits per heavy atom. The van der Waals surface area contributed by atoms with Gasteiger partial charge in [0.1, 0.15) is 0 Å². The molecule has 1 aliphatic heterocycles. The first-order valence-electron chi connectivity index (χ1n) is 13.5. The van der Waals surface area contributed by atoms with Gasteiger partial charge >= 0.3 is 0 Å². The third kappa shape index (κ3) is 4.50. The molecule has 186 valence electrons. The summed E-state index contributed by atoms with van der Waals surface area (Å²) in [5.41, 5.74) is 6.24. The lowest BCUT2D eigenvalue weighted by molar-refractivity contribution is 0.712. The quantitative estimate of drug-likeness (QED) is 0.208. The summed E-state index contributed by atoms with van der Waals surface area (Å²) in [5.74, 6) is 0. The molecule has 0 radical (unpaired) electrons. The summed E-state index contributed by atoms with van der Waals surface area (Å²) < 4.78 is 0. The molecule has 0 bridgehead atoms. The van der Waals surface area contributed by atoms with Crippen LogP contribution in [0.1, 0.15) is 28.3 Å². The predicted octanol–water partition coefficient (Wildman–Crippen LogP) is 7.73. The van der Waals surface area contributed by atoms with Crippen molar-refractivity contribution in [2.24, 2.45) is 4.99 Å². The van der Waals surface area contributed by atoms with Gasteiger partial charge in [-0.1, -0.05) is 152 Å². The van der Waals surface area contributed by atoms with Crippen LogP contribution in [0.5, 0.6) is 0 Å². The van der Waals surface area contributed by atoms with Crippen molar-refractivity contribution in [1.82, 2.24) is 0 Å². The molecule has 0 aliphatic carbocycles. The van der Waals surface area contributed by atoms with Crippen molar-refractivity contribution in [1.29, 1.82) is 0 Å². The fraction of sp³-hybridized carbons (Fsp3) is 0.0541. The number of hydrogen-bond acceptors (Lipinski definition) is 1. The molecular weight excluding hydrogens is 489 g/mol. The maximum Gasteiger partial charge on any atom is 0.0797 e. The highest BCUT2D eigenvalue weighted by Crippen LogP contribution is 2.39. The van der Waals surface area contributed by atoms with E-state index >= 15 is 0 Å². The molecule has 1 nitrogen and oxygen atoms in total. The summed E-state index contributed by atoms with van der Waals surface area (Å²) in [5, 5.41) is 6.55. The van der Waals surface area contributed by atoms with Crippen LogP contribution in [0.4, 0.5) is 0 Å². The summed E-state index contributed by atoms with van der Waals surface area (Å²) in [6, 6.07) is 55.1. The van der Waals surface area contributed by atoms with E-state index in [0.29, 0.717) is 0 Å². The molecule has 0 N–H and O–H groups in total. The zero-order valence-electron chi connectivity index (χ0n) is 21.6. The van der Waals surface area contributed by atoms with Gasteiger partial charge in [0.2, 0.25) is 0 Å². The SMILES string of the molecule is c1ccc(C2Cc3ccccc3C(c3c(P(c4ccccc4)c4ccccc4)ccc4ccccc34)=N2)cc1. The van der Waals surface area contributed by atoms with Crippen LogP contribution in [0.3, 0.4) is 0 Å². The van der Waals surface area contributed by atoms with Crippen LogP contribution >= 0.6 is 7.92 Å². The van der Waals surface area contributed by atoms with Crippen molar-refractivity contribution >= 4 is 40.3 Å². The Kier molecular flexibility index (Phi) is 6.37. The summed E-state index contributed by atoms with van der Waals surface area (Å²) in [7, 11) is -0.803. The minimum Gasteiger partial charge on any atom is -0.276 e. The fourth-order valence-corrected chi connectivity index (χ4v) is 8.22. The zero-order chi connectivity index (χ0) is 26.0. The highest BCUT2D eigenvalue weighted by Gasteiger charge is 2.29. The third-order valence-electron chi connectivity index (χ3n) is 7.57. The number of aliphatic imine (C=N–C) groups is 1. The van der Waals surface area contributed by atoms with E-state index in [1.165, 1.54) is 48.9 Å². The lowest BCUT2D eigenvalue weighted by Gasteiger charge is -2.28. The fourth-order valence-electron chi connectivity index (χ4n) is 5.75. The van der Waals surface area contributed by atoms with Gasteiger partial charge in [0.15, 0.2) is 0 Å². The second kappa shape index (κ2) is 10.4. The lowest BCUT2D eigenvalue weighted by atomic mass is 9.86. The van der Waals surface area contributed by atoms with E-state index in [9.17, 15) is 0 Å². The Bertz CT molecular complexity index is 1740. The molecule has 39 heavy (non-hydrogen) atoms. The minimum atomic E-state index is -0.803. The van der Waals surface area contributed by atoms with Crippen molar-refractivity contribution < 1.29 is 0 Å². The largest absolute Gasteiger partial charge is 0.276 e. The summed E-state index contributed by atoms with van der Waals surface area (Å²) in [6.07, 6.45) is 0.913. The van der Waals surface area contributed by atoms with Gasteiger partial charge in [0.05, 0.1) is 11.8 Å². The minimum absolute atomic E-state index is 0.0857. The number of hydrogen-bond donors (Lipinski definition) is 0. The smallest absolute Gasteiger partial charge is 0.0797 e. The van der Waals surface area contributed by atoms with E-state index in [1.54, 1.807) is 0 Å². The van der Waals surface area contributed by atoms with Crippen LogP contribution in [-0.4, -0.2) is 5.71 Å². The molecule has 7 rings (SSSR count). The van der Waals surface area contributed by atoms with Crippen molar-refractivity contribution in [2.75, 3.05) is 0 Å². The topological polar surface area (TPSA) is 12.4 Å². The van der Waals surface area contributed by atoms with Crippen LogP contribution in [0.15, 0.2) is 157 Å². The van der Waals surface area contributed by atoms with Crippen molar-refractivity contribution in [3.8, 4) is 0 Å². The molecule has 1 aliphatic rings. The van der Waals surface area contributed by atoms with E-state index in [1.807, 2.05) is 0 Å². The van der Waals surface area contributed by atoms with Gasteiger partial charge in [-0.15, -0.1) is 0 Å². The van der Waals surface area contributed by atoms with Crippen LogP contribution in [0.2, 0.25) is 0 Å². The van der Waals surface area contributed by atoms with Gasteiger partial charge in [0.25, 0.3) is 0 Å². The first-order chi connectivity index (χ1) is 19.4. The van der Waals surface area contributed by atoms with Crippen molar-refractivity contribution in [3.05, 3.63) is 174 Å². The number of benzene rings is 6. The molecular formula is C37H28NP. The van der Waals surface area contributed by atoms with Gasteiger partial charge in [-0.2, -0.15) is 0 Å². The molecule has 0 amide bonds. The second-order valence-corrected chi connectivity index (χ2v) is 12.1. The highest BCUT2D eigenvalue weighted by atomic mass is 31.1. The Balaban J connectivity index is 1.55. The Morgan fingerprint density at radius 3 is 1.85 bits per heavy atom.